The van der Waals surface area contributed by atoms with E-state index in [1.165, 1.54) is 18.5 Å². The molecule has 3 heterocycles. The average molecular weight is 554 g/mol. The minimum absolute atomic E-state index is 0.308. The molecule has 2 aromatic heterocycles. The van der Waals surface area contributed by atoms with E-state index in [-0.39, 0.29) is 5.91 Å². The fraction of sp³-hybridized carbons (Fsp3) is 0.233. The van der Waals surface area contributed by atoms with Gasteiger partial charge in [-0.3, -0.25) is 14.5 Å². The summed E-state index contributed by atoms with van der Waals surface area (Å²) in [5, 5.41) is 9.44. The van der Waals surface area contributed by atoms with Crippen molar-refractivity contribution in [2.24, 2.45) is 0 Å². The molecule has 3 N–H and O–H groups in total. The molecular weight excluding hydrogens is 522 g/mol. The van der Waals surface area contributed by atoms with E-state index in [4.69, 9.17) is 9.47 Å². The van der Waals surface area contributed by atoms with Crippen molar-refractivity contribution in [1.82, 2.24) is 25.2 Å². The molecule has 1 aliphatic rings. The van der Waals surface area contributed by atoms with E-state index in [9.17, 15) is 9.59 Å². The van der Waals surface area contributed by atoms with Gasteiger partial charge in [0.05, 0.1) is 24.9 Å². The number of nitrogens with zero attached hydrogens (tertiary/aromatic N) is 4. The summed E-state index contributed by atoms with van der Waals surface area (Å²) in [6.45, 7) is 4.76. The van der Waals surface area contributed by atoms with E-state index in [2.05, 4.69) is 35.8 Å². The zero-order chi connectivity index (χ0) is 28.3. The summed E-state index contributed by atoms with van der Waals surface area (Å²) in [7, 11) is 0. The lowest BCUT2D eigenvalue weighted by Gasteiger charge is -2.26. The highest BCUT2D eigenvalue weighted by Gasteiger charge is 2.10. The SMILES string of the molecule is O=C(/C=C/C(=O)Nc1cc2c(Nc3ccc(Oc4ccccc4)cc3)ncnc2cn1)NCCCN1CCOCC1. The summed E-state index contributed by atoms with van der Waals surface area (Å²) in [4.78, 5) is 39.7. The number of carbonyl (C=O) groups is 2. The average Bonchev–Trinajstić information content (AvgIpc) is 3.00. The van der Waals surface area contributed by atoms with Crippen LogP contribution in [0.2, 0.25) is 0 Å². The van der Waals surface area contributed by atoms with Crippen LogP contribution in [0, 0.1) is 0 Å². The van der Waals surface area contributed by atoms with Crippen LogP contribution in [0.25, 0.3) is 10.9 Å². The third kappa shape index (κ3) is 8.31. The molecule has 1 fully saturated rings. The van der Waals surface area contributed by atoms with E-state index in [1.54, 1.807) is 12.3 Å². The number of morpholine rings is 1. The van der Waals surface area contributed by atoms with Gasteiger partial charge in [0.2, 0.25) is 11.8 Å². The molecule has 2 amide bonds. The number of benzene rings is 2. The fourth-order valence-corrected chi connectivity index (χ4v) is 4.21. The van der Waals surface area contributed by atoms with Gasteiger partial charge in [-0.05, 0) is 55.4 Å². The molecule has 0 bridgehead atoms. The van der Waals surface area contributed by atoms with Crippen LogP contribution in [-0.4, -0.2) is 71.1 Å². The van der Waals surface area contributed by atoms with Crippen molar-refractivity contribution in [3.63, 3.8) is 0 Å². The largest absolute Gasteiger partial charge is 0.457 e. The predicted octanol–water partition coefficient (Wildman–Crippen LogP) is 3.89. The number of aromatic nitrogens is 3. The van der Waals surface area contributed by atoms with Crippen LogP contribution in [0.4, 0.5) is 17.3 Å². The molecule has 11 heteroatoms. The molecule has 2 aromatic carbocycles. The van der Waals surface area contributed by atoms with E-state index in [0.717, 1.165) is 50.7 Å². The van der Waals surface area contributed by atoms with E-state index in [0.29, 0.717) is 34.8 Å². The van der Waals surface area contributed by atoms with Crippen molar-refractivity contribution in [3.8, 4) is 11.5 Å². The Labute approximate surface area is 237 Å². The second-order valence-electron chi connectivity index (χ2n) is 9.29. The first kappa shape index (κ1) is 27.7. The molecule has 0 saturated carbocycles. The van der Waals surface area contributed by atoms with Crippen LogP contribution in [-0.2, 0) is 14.3 Å². The van der Waals surface area contributed by atoms with Crippen molar-refractivity contribution in [1.29, 1.82) is 0 Å². The van der Waals surface area contributed by atoms with Crippen LogP contribution < -0.4 is 20.7 Å². The zero-order valence-electron chi connectivity index (χ0n) is 22.5. The Morgan fingerprint density at radius 3 is 2.49 bits per heavy atom. The monoisotopic (exact) mass is 553 g/mol. The molecular formula is C30H31N7O4. The summed E-state index contributed by atoms with van der Waals surface area (Å²) in [6, 6.07) is 18.7. The van der Waals surface area contributed by atoms with Gasteiger partial charge in [-0.2, -0.15) is 0 Å². The Balaban J connectivity index is 1.14. The molecule has 0 aliphatic carbocycles. The molecule has 210 valence electrons. The third-order valence-corrected chi connectivity index (χ3v) is 6.31. The molecule has 0 unspecified atom stereocenters. The Kier molecular flexibility index (Phi) is 9.43. The first-order valence-corrected chi connectivity index (χ1v) is 13.4. The second kappa shape index (κ2) is 14.0. The van der Waals surface area contributed by atoms with E-state index in [1.807, 2.05) is 54.6 Å². The standard InChI is InChI=1S/C30H31N7O4/c38-28(31-13-4-14-37-15-17-40-18-16-37)11-12-29(39)36-27-19-25-26(20-32-27)33-21-34-30(25)35-22-7-9-24(10-8-22)41-23-5-2-1-3-6-23/h1-3,5-12,19-21H,4,13-18H2,(H,31,38)(H,32,36,39)(H,33,34,35)/b12-11+. The van der Waals surface area contributed by atoms with Gasteiger partial charge in [-0.25, -0.2) is 15.0 Å². The van der Waals surface area contributed by atoms with Crippen LogP contribution in [0.3, 0.4) is 0 Å². The van der Waals surface area contributed by atoms with E-state index >= 15 is 0 Å². The number of para-hydroxylation sites is 1. The topological polar surface area (TPSA) is 131 Å². The highest BCUT2D eigenvalue weighted by Crippen LogP contribution is 2.27. The maximum Gasteiger partial charge on any atom is 0.249 e. The molecule has 0 radical (unpaired) electrons. The predicted molar refractivity (Wildman–Crippen MR) is 156 cm³/mol. The molecule has 0 atom stereocenters. The molecule has 5 rings (SSSR count). The summed E-state index contributed by atoms with van der Waals surface area (Å²) in [6.07, 6.45) is 6.23. The Morgan fingerprint density at radius 1 is 0.927 bits per heavy atom. The number of rotatable bonds is 11. The minimum Gasteiger partial charge on any atom is -0.457 e. The van der Waals surface area contributed by atoms with Gasteiger partial charge >= 0.3 is 0 Å². The number of carbonyl (C=O) groups excluding carboxylic acids is 2. The summed E-state index contributed by atoms with van der Waals surface area (Å²) < 4.78 is 11.2. The van der Waals surface area contributed by atoms with Crippen molar-refractivity contribution >= 4 is 40.0 Å². The van der Waals surface area contributed by atoms with Gasteiger partial charge in [0.25, 0.3) is 0 Å². The summed E-state index contributed by atoms with van der Waals surface area (Å²) >= 11 is 0. The lowest BCUT2D eigenvalue weighted by molar-refractivity contribution is -0.117. The number of fused-ring (bicyclic) bond motifs is 1. The zero-order valence-corrected chi connectivity index (χ0v) is 22.5. The van der Waals surface area contributed by atoms with Crippen molar-refractivity contribution in [2.45, 2.75) is 6.42 Å². The van der Waals surface area contributed by atoms with Crippen molar-refractivity contribution < 1.29 is 19.1 Å². The highest BCUT2D eigenvalue weighted by molar-refractivity contribution is 6.04. The quantitative estimate of drug-likeness (QED) is 0.187. The van der Waals surface area contributed by atoms with Gasteiger partial charge in [-0.1, -0.05) is 18.2 Å². The molecule has 11 nitrogen and oxygen atoms in total. The molecule has 1 saturated heterocycles. The number of hydrogen-bond donors (Lipinski definition) is 3. The number of anilines is 3. The molecule has 0 spiro atoms. The van der Waals surface area contributed by atoms with Gasteiger partial charge in [0.15, 0.2) is 0 Å². The number of nitrogens with one attached hydrogen (secondary N) is 3. The maximum atomic E-state index is 12.4. The van der Waals surface area contributed by atoms with Gasteiger partial charge in [0, 0.05) is 42.9 Å². The first-order valence-electron chi connectivity index (χ1n) is 13.4. The second-order valence-corrected chi connectivity index (χ2v) is 9.29. The van der Waals surface area contributed by atoms with Crippen molar-refractivity contribution in [3.05, 3.63) is 85.3 Å². The highest BCUT2D eigenvalue weighted by atomic mass is 16.5. The lowest BCUT2D eigenvalue weighted by atomic mass is 10.2. The minimum atomic E-state index is -0.472. The Hall–Kier alpha value is -4.87. The first-order chi connectivity index (χ1) is 20.1. The van der Waals surface area contributed by atoms with E-state index < -0.39 is 5.91 Å². The third-order valence-electron chi connectivity index (χ3n) is 6.31. The smallest absolute Gasteiger partial charge is 0.249 e. The lowest BCUT2D eigenvalue weighted by Crippen LogP contribution is -2.38. The van der Waals surface area contributed by atoms with Gasteiger partial charge in [0.1, 0.15) is 29.5 Å². The van der Waals surface area contributed by atoms with Gasteiger partial charge < -0.3 is 25.4 Å². The molecule has 41 heavy (non-hydrogen) atoms. The Morgan fingerprint density at radius 2 is 1.68 bits per heavy atom. The van der Waals surface area contributed by atoms with Crippen LogP contribution >= 0.6 is 0 Å². The normalized spacial score (nSPS) is 13.7. The molecule has 1 aliphatic heterocycles. The van der Waals surface area contributed by atoms with Crippen LogP contribution in [0.5, 0.6) is 11.5 Å². The Bertz CT molecular complexity index is 1490. The van der Waals surface area contributed by atoms with Crippen LogP contribution in [0.1, 0.15) is 6.42 Å². The fourth-order valence-electron chi connectivity index (χ4n) is 4.21. The number of ether oxygens (including phenoxy) is 2. The molecule has 4 aromatic rings. The van der Waals surface area contributed by atoms with Crippen LogP contribution in [0.15, 0.2) is 85.3 Å². The number of hydrogen-bond acceptors (Lipinski definition) is 9. The maximum absolute atomic E-state index is 12.4. The van der Waals surface area contributed by atoms with Gasteiger partial charge in [-0.15, -0.1) is 0 Å². The summed E-state index contributed by atoms with van der Waals surface area (Å²) in [5.74, 6) is 1.53. The number of pyridine rings is 1. The van der Waals surface area contributed by atoms with Crippen molar-refractivity contribution in [2.75, 3.05) is 50.0 Å². The number of amides is 2. The summed E-state index contributed by atoms with van der Waals surface area (Å²) in [5.41, 5.74) is 1.41.